The molecule has 2 heterocycles. The first-order valence-corrected chi connectivity index (χ1v) is 8.59. The van der Waals surface area contributed by atoms with Crippen LogP contribution in [0, 0.1) is 5.82 Å². The van der Waals surface area contributed by atoms with Gasteiger partial charge in [-0.05, 0) is 42.1 Å². The lowest BCUT2D eigenvalue weighted by atomic mass is 10.3. The number of furan rings is 1. The maximum atomic E-state index is 13.7. The molecule has 0 spiro atoms. The molecule has 0 unspecified atom stereocenters. The van der Waals surface area contributed by atoms with Crippen molar-refractivity contribution in [1.29, 1.82) is 0 Å². The van der Waals surface area contributed by atoms with Crippen LogP contribution < -0.4 is 5.32 Å². The number of carbonyl (C=O) groups excluding carboxylic acids is 3. The lowest BCUT2D eigenvalue weighted by molar-refractivity contribution is -0.127. The Labute approximate surface area is 154 Å². The highest BCUT2D eigenvalue weighted by Crippen LogP contribution is 2.32. The van der Waals surface area contributed by atoms with Crippen molar-refractivity contribution in [2.45, 2.75) is 0 Å². The molecule has 1 N–H and O–H groups in total. The summed E-state index contributed by atoms with van der Waals surface area (Å²) in [4.78, 5) is 37.2. The van der Waals surface area contributed by atoms with Gasteiger partial charge >= 0.3 is 0 Å². The van der Waals surface area contributed by atoms with E-state index in [1.807, 2.05) is 0 Å². The van der Waals surface area contributed by atoms with Gasteiger partial charge in [0.05, 0.1) is 16.9 Å². The average Bonchev–Trinajstić information content (AvgIpc) is 3.15. The third kappa shape index (κ3) is 3.99. The number of halogens is 2. The first-order chi connectivity index (χ1) is 11.9. The van der Waals surface area contributed by atoms with E-state index in [2.05, 4.69) is 21.2 Å². The van der Waals surface area contributed by atoms with Crippen molar-refractivity contribution in [2.24, 2.45) is 0 Å². The molecule has 0 bridgehead atoms. The highest BCUT2D eigenvalue weighted by molar-refractivity contribution is 9.10. The van der Waals surface area contributed by atoms with Gasteiger partial charge in [-0.2, -0.15) is 0 Å². The van der Waals surface area contributed by atoms with Crippen LogP contribution in [0.2, 0.25) is 0 Å². The van der Waals surface area contributed by atoms with Crippen LogP contribution in [0.15, 0.2) is 50.4 Å². The number of carbonyl (C=O) groups is 3. The SMILES string of the molecule is O=C(CN1C(=O)S/C(=C/c2ccco2)C1=O)Nc1ccc(Br)cc1F. The second-order valence-corrected chi connectivity index (χ2v) is 6.86. The second-order valence-electron chi connectivity index (χ2n) is 4.96. The largest absolute Gasteiger partial charge is 0.465 e. The summed E-state index contributed by atoms with van der Waals surface area (Å²) < 4.78 is 19.4. The van der Waals surface area contributed by atoms with Crippen molar-refractivity contribution >= 4 is 56.5 Å². The van der Waals surface area contributed by atoms with Gasteiger partial charge in [0.25, 0.3) is 11.1 Å². The molecule has 1 fully saturated rings. The zero-order valence-corrected chi connectivity index (χ0v) is 14.9. The number of benzene rings is 1. The van der Waals surface area contributed by atoms with Gasteiger partial charge in [0.1, 0.15) is 18.1 Å². The Morgan fingerprint density at radius 3 is 2.84 bits per heavy atom. The molecule has 1 aromatic carbocycles. The summed E-state index contributed by atoms with van der Waals surface area (Å²) >= 11 is 3.82. The number of amides is 3. The maximum absolute atomic E-state index is 13.7. The topological polar surface area (TPSA) is 79.6 Å². The van der Waals surface area contributed by atoms with Gasteiger partial charge < -0.3 is 9.73 Å². The Morgan fingerprint density at radius 2 is 2.16 bits per heavy atom. The average molecular weight is 425 g/mol. The third-order valence-corrected chi connectivity index (χ3v) is 4.60. The quantitative estimate of drug-likeness (QED) is 0.753. The standard InChI is InChI=1S/C16H10BrFN2O4S/c17-9-3-4-12(11(18)6-9)19-14(21)8-20-15(22)13(25-16(20)23)7-10-2-1-5-24-10/h1-7H,8H2,(H,19,21)/b13-7+. The molecule has 1 aromatic heterocycles. The Balaban J connectivity index is 1.69. The molecule has 9 heteroatoms. The highest BCUT2D eigenvalue weighted by atomic mass is 79.9. The number of rotatable bonds is 4. The van der Waals surface area contributed by atoms with E-state index >= 15 is 0 Å². The van der Waals surface area contributed by atoms with E-state index in [1.54, 1.807) is 18.2 Å². The molecule has 0 radical (unpaired) electrons. The van der Waals surface area contributed by atoms with Crippen LogP contribution in [-0.2, 0) is 9.59 Å². The smallest absolute Gasteiger partial charge is 0.294 e. The van der Waals surface area contributed by atoms with Gasteiger partial charge in [-0.15, -0.1) is 0 Å². The van der Waals surface area contributed by atoms with Crippen LogP contribution in [-0.4, -0.2) is 28.5 Å². The molecule has 2 aromatic rings. The second kappa shape index (κ2) is 7.24. The summed E-state index contributed by atoms with van der Waals surface area (Å²) in [6, 6.07) is 7.42. The monoisotopic (exact) mass is 424 g/mol. The summed E-state index contributed by atoms with van der Waals surface area (Å²) in [5, 5.41) is 1.76. The van der Waals surface area contributed by atoms with Crippen molar-refractivity contribution in [3.8, 4) is 0 Å². The fourth-order valence-electron chi connectivity index (χ4n) is 2.06. The van der Waals surface area contributed by atoms with Crippen LogP contribution >= 0.6 is 27.7 Å². The maximum Gasteiger partial charge on any atom is 0.294 e. The third-order valence-electron chi connectivity index (χ3n) is 3.20. The Morgan fingerprint density at radius 1 is 1.36 bits per heavy atom. The van der Waals surface area contributed by atoms with E-state index in [9.17, 15) is 18.8 Å². The van der Waals surface area contributed by atoms with Crippen LogP contribution in [0.25, 0.3) is 6.08 Å². The summed E-state index contributed by atoms with van der Waals surface area (Å²) in [5.41, 5.74) is -0.0358. The molecular weight excluding hydrogens is 415 g/mol. The molecule has 1 saturated heterocycles. The molecular formula is C16H10BrFN2O4S. The first-order valence-electron chi connectivity index (χ1n) is 6.98. The van der Waals surface area contributed by atoms with Gasteiger partial charge in [-0.1, -0.05) is 15.9 Å². The Bertz CT molecular complexity index is 882. The summed E-state index contributed by atoms with van der Waals surface area (Å²) in [6.07, 6.45) is 2.87. The van der Waals surface area contributed by atoms with Crippen LogP contribution in [0.4, 0.5) is 14.9 Å². The molecule has 6 nitrogen and oxygen atoms in total. The van der Waals surface area contributed by atoms with E-state index in [0.717, 1.165) is 4.90 Å². The van der Waals surface area contributed by atoms with Gasteiger partial charge in [0, 0.05) is 10.5 Å². The normalized spacial score (nSPS) is 15.9. The van der Waals surface area contributed by atoms with Crippen molar-refractivity contribution in [2.75, 3.05) is 11.9 Å². The van der Waals surface area contributed by atoms with E-state index in [0.29, 0.717) is 22.0 Å². The molecule has 1 aliphatic heterocycles. The number of imide groups is 1. The van der Waals surface area contributed by atoms with Crippen molar-refractivity contribution in [1.82, 2.24) is 4.90 Å². The van der Waals surface area contributed by atoms with Crippen molar-refractivity contribution in [3.63, 3.8) is 0 Å². The van der Waals surface area contributed by atoms with E-state index < -0.39 is 29.4 Å². The molecule has 0 atom stereocenters. The number of hydrogen-bond acceptors (Lipinski definition) is 5. The van der Waals surface area contributed by atoms with E-state index in [4.69, 9.17) is 4.42 Å². The predicted molar refractivity (Wildman–Crippen MR) is 94.1 cm³/mol. The van der Waals surface area contributed by atoms with Crippen LogP contribution in [0.1, 0.15) is 5.76 Å². The summed E-state index contributed by atoms with van der Waals surface area (Å²) in [7, 11) is 0. The molecule has 1 aliphatic rings. The molecule has 3 rings (SSSR count). The van der Waals surface area contributed by atoms with Crippen molar-refractivity contribution in [3.05, 3.63) is 57.6 Å². The highest BCUT2D eigenvalue weighted by Gasteiger charge is 2.36. The van der Waals surface area contributed by atoms with Gasteiger partial charge in [-0.3, -0.25) is 19.3 Å². The molecule has 25 heavy (non-hydrogen) atoms. The lowest BCUT2D eigenvalue weighted by Crippen LogP contribution is -2.36. The zero-order chi connectivity index (χ0) is 18.0. The lowest BCUT2D eigenvalue weighted by Gasteiger charge is -2.12. The van der Waals surface area contributed by atoms with Crippen molar-refractivity contribution < 1.29 is 23.2 Å². The van der Waals surface area contributed by atoms with Crippen LogP contribution in [0.5, 0.6) is 0 Å². The molecule has 3 amide bonds. The minimum Gasteiger partial charge on any atom is -0.465 e. The number of thioether (sulfide) groups is 1. The van der Waals surface area contributed by atoms with Gasteiger partial charge in [0.2, 0.25) is 5.91 Å². The van der Waals surface area contributed by atoms with Gasteiger partial charge in [0.15, 0.2) is 0 Å². The fraction of sp³-hybridized carbons (Fsp3) is 0.0625. The molecule has 128 valence electrons. The number of hydrogen-bond donors (Lipinski definition) is 1. The zero-order valence-electron chi connectivity index (χ0n) is 12.5. The number of nitrogens with zero attached hydrogens (tertiary/aromatic N) is 1. The van der Waals surface area contributed by atoms with E-state index in [1.165, 1.54) is 24.5 Å². The Kier molecular flexibility index (Phi) is 5.05. The van der Waals surface area contributed by atoms with Crippen LogP contribution in [0.3, 0.4) is 0 Å². The number of anilines is 1. The fourth-order valence-corrected chi connectivity index (χ4v) is 3.21. The van der Waals surface area contributed by atoms with Gasteiger partial charge in [-0.25, -0.2) is 4.39 Å². The molecule has 0 aliphatic carbocycles. The number of nitrogens with one attached hydrogen (secondary N) is 1. The summed E-state index contributed by atoms with van der Waals surface area (Å²) in [6.45, 7) is -0.504. The minimum absolute atomic E-state index is 0.0358. The van der Waals surface area contributed by atoms with E-state index in [-0.39, 0.29) is 10.6 Å². The minimum atomic E-state index is -0.678. The summed E-state index contributed by atoms with van der Waals surface area (Å²) in [5.74, 6) is -1.48. The first kappa shape index (κ1) is 17.4. The molecule has 0 saturated carbocycles. The predicted octanol–water partition coefficient (Wildman–Crippen LogP) is 3.86. The Hall–Kier alpha value is -2.39.